The van der Waals surface area contributed by atoms with E-state index in [4.69, 9.17) is 0 Å². The van der Waals surface area contributed by atoms with Crippen LogP contribution in [0.3, 0.4) is 0 Å². The molecule has 2 aliphatic carbocycles. The minimum atomic E-state index is -0.680. The molecule has 202 valence electrons. The van der Waals surface area contributed by atoms with E-state index in [2.05, 4.69) is 45.1 Å². The lowest BCUT2D eigenvalue weighted by Gasteiger charge is -2.53. The van der Waals surface area contributed by atoms with Gasteiger partial charge in [-0.25, -0.2) is 0 Å². The molecule has 0 bridgehead atoms. The SMILES string of the molecule is CCCCCCCCCCCC(=O)Nc1cc2c(cc1C(C)C)CC[C@H]1[C@](C)(C(=O)O)CCC[C@]21C. The minimum Gasteiger partial charge on any atom is -0.481 e. The average Bonchev–Trinajstić information content (AvgIpc) is 2.82. The lowest BCUT2D eigenvalue weighted by atomic mass is 9.49. The fourth-order valence-corrected chi connectivity index (χ4v) is 7.19. The second-order valence-electron chi connectivity index (χ2n) is 12.5. The topological polar surface area (TPSA) is 66.4 Å². The van der Waals surface area contributed by atoms with Gasteiger partial charge in [0.05, 0.1) is 5.41 Å². The van der Waals surface area contributed by atoms with E-state index in [0.29, 0.717) is 12.3 Å². The van der Waals surface area contributed by atoms with Crippen LogP contribution in [0, 0.1) is 11.3 Å². The third-order valence-electron chi connectivity index (χ3n) is 9.42. The van der Waals surface area contributed by atoms with Crippen molar-refractivity contribution >= 4 is 17.6 Å². The summed E-state index contributed by atoms with van der Waals surface area (Å²) in [6.45, 7) is 10.9. The minimum absolute atomic E-state index is 0.108. The molecular formula is C32H51NO3. The fourth-order valence-electron chi connectivity index (χ4n) is 7.19. The van der Waals surface area contributed by atoms with Crippen LogP contribution in [0.5, 0.6) is 0 Å². The number of nitrogens with one attached hydrogen (secondary N) is 1. The normalized spacial score (nSPS) is 25.3. The molecule has 1 aromatic rings. The molecule has 0 unspecified atom stereocenters. The van der Waals surface area contributed by atoms with Crippen LogP contribution in [0.2, 0.25) is 0 Å². The van der Waals surface area contributed by atoms with Gasteiger partial charge < -0.3 is 10.4 Å². The molecule has 3 rings (SSSR count). The van der Waals surface area contributed by atoms with E-state index < -0.39 is 11.4 Å². The summed E-state index contributed by atoms with van der Waals surface area (Å²) in [4.78, 5) is 25.2. The Morgan fingerprint density at radius 1 is 1.00 bits per heavy atom. The third kappa shape index (κ3) is 6.34. The van der Waals surface area contributed by atoms with Crippen LogP contribution in [-0.4, -0.2) is 17.0 Å². The van der Waals surface area contributed by atoms with Gasteiger partial charge in [0.15, 0.2) is 0 Å². The molecule has 2 aliphatic rings. The van der Waals surface area contributed by atoms with Gasteiger partial charge in [-0.3, -0.25) is 9.59 Å². The molecule has 1 fully saturated rings. The summed E-state index contributed by atoms with van der Waals surface area (Å²) in [6, 6.07) is 4.53. The second kappa shape index (κ2) is 12.6. The molecule has 36 heavy (non-hydrogen) atoms. The van der Waals surface area contributed by atoms with E-state index in [1.165, 1.54) is 61.6 Å². The van der Waals surface area contributed by atoms with Gasteiger partial charge in [0, 0.05) is 12.1 Å². The van der Waals surface area contributed by atoms with E-state index >= 15 is 0 Å². The Morgan fingerprint density at radius 3 is 2.25 bits per heavy atom. The smallest absolute Gasteiger partial charge is 0.309 e. The number of aliphatic carboxylic acids is 1. The summed E-state index contributed by atoms with van der Waals surface area (Å²) in [7, 11) is 0. The maximum atomic E-state index is 12.9. The van der Waals surface area contributed by atoms with Gasteiger partial charge in [-0.2, -0.15) is 0 Å². The molecule has 1 saturated carbocycles. The number of fused-ring (bicyclic) bond motifs is 3. The molecule has 0 spiro atoms. The number of aryl methyl sites for hydroxylation is 1. The van der Waals surface area contributed by atoms with Crippen molar-refractivity contribution in [2.75, 3.05) is 5.32 Å². The Morgan fingerprint density at radius 2 is 1.64 bits per heavy atom. The van der Waals surface area contributed by atoms with Gasteiger partial charge in [-0.15, -0.1) is 0 Å². The molecule has 1 aromatic carbocycles. The van der Waals surface area contributed by atoms with E-state index in [0.717, 1.165) is 50.6 Å². The lowest BCUT2D eigenvalue weighted by Crippen LogP contribution is -2.52. The van der Waals surface area contributed by atoms with Gasteiger partial charge in [0.1, 0.15) is 0 Å². The zero-order chi connectivity index (χ0) is 26.3. The van der Waals surface area contributed by atoms with E-state index in [1.807, 2.05) is 6.92 Å². The van der Waals surface area contributed by atoms with Crippen molar-refractivity contribution in [1.82, 2.24) is 0 Å². The summed E-state index contributed by atoms with van der Waals surface area (Å²) in [6.07, 6.45) is 16.3. The first-order valence-corrected chi connectivity index (χ1v) is 14.8. The third-order valence-corrected chi connectivity index (χ3v) is 9.42. The predicted molar refractivity (Wildman–Crippen MR) is 150 cm³/mol. The number of anilines is 1. The highest BCUT2D eigenvalue weighted by atomic mass is 16.4. The Kier molecular flexibility index (Phi) is 10.1. The van der Waals surface area contributed by atoms with Crippen molar-refractivity contribution in [1.29, 1.82) is 0 Å². The molecule has 3 atom stereocenters. The number of carboxylic acids is 1. The van der Waals surface area contributed by atoms with Crippen molar-refractivity contribution < 1.29 is 14.7 Å². The Hall–Kier alpha value is -1.84. The molecule has 2 N–H and O–H groups in total. The number of hydrogen-bond acceptors (Lipinski definition) is 2. The monoisotopic (exact) mass is 497 g/mol. The van der Waals surface area contributed by atoms with Crippen LogP contribution < -0.4 is 5.32 Å². The highest BCUT2D eigenvalue weighted by Crippen LogP contribution is 2.58. The largest absolute Gasteiger partial charge is 0.481 e. The highest BCUT2D eigenvalue weighted by Gasteiger charge is 2.55. The molecule has 4 heteroatoms. The Balaban J connectivity index is 1.68. The summed E-state index contributed by atoms with van der Waals surface area (Å²) >= 11 is 0. The second-order valence-corrected chi connectivity index (χ2v) is 12.5. The summed E-state index contributed by atoms with van der Waals surface area (Å²) in [5, 5.41) is 13.4. The first-order chi connectivity index (χ1) is 17.1. The number of unbranched alkanes of at least 4 members (excludes halogenated alkanes) is 8. The maximum Gasteiger partial charge on any atom is 0.309 e. The van der Waals surface area contributed by atoms with Crippen molar-refractivity contribution in [3.05, 3.63) is 28.8 Å². The number of hydrogen-bond donors (Lipinski definition) is 2. The van der Waals surface area contributed by atoms with E-state index in [-0.39, 0.29) is 17.2 Å². The molecule has 1 amide bonds. The number of benzene rings is 1. The summed E-state index contributed by atoms with van der Waals surface area (Å²) < 4.78 is 0. The number of rotatable bonds is 13. The van der Waals surface area contributed by atoms with Gasteiger partial charge in [0.25, 0.3) is 0 Å². The quantitative estimate of drug-likeness (QED) is 0.268. The van der Waals surface area contributed by atoms with Gasteiger partial charge in [-0.1, -0.05) is 91.5 Å². The number of carbonyl (C=O) groups excluding carboxylic acids is 1. The molecule has 0 saturated heterocycles. The summed E-state index contributed by atoms with van der Waals surface area (Å²) in [5.74, 6) is -0.106. The average molecular weight is 498 g/mol. The molecule has 0 heterocycles. The van der Waals surface area contributed by atoms with Crippen molar-refractivity contribution in [3.63, 3.8) is 0 Å². The maximum absolute atomic E-state index is 12.9. The van der Waals surface area contributed by atoms with E-state index in [1.54, 1.807) is 0 Å². The molecule has 0 aliphatic heterocycles. The van der Waals surface area contributed by atoms with Crippen LogP contribution in [0.15, 0.2) is 12.1 Å². The zero-order valence-corrected chi connectivity index (χ0v) is 23.7. The van der Waals surface area contributed by atoms with Crippen LogP contribution in [-0.2, 0) is 21.4 Å². The molecule has 0 aromatic heterocycles. The Labute approximate surface area is 220 Å². The zero-order valence-electron chi connectivity index (χ0n) is 23.7. The van der Waals surface area contributed by atoms with Crippen molar-refractivity contribution in [2.45, 2.75) is 142 Å². The van der Waals surface area contributed by atoms with Crippen LogP contribution in [0.4, 0.5) is 5.69 Å². The first-order valence-electron chi connectivity index (χ1n) is 14.8. The standard InChI is InChI=1S/C32H51NO3/c1-6-7-8-9-10-11-12-13-14-16-29(34)33-27-22-26-24(21-25(27)23(2)3)17-18-28-31(26,4)19-15-20-32(28,5)30(35)36/h21-23,28H,6-20H2,1-5H3,(H,33,34)(H,35,36)/t28-,31-,32-/m1/s1. The van der Waals surface area contributed by atoms with Crippen molar-refractivity contribution in [3.8, 4) is 0 Å². The van der Waals surface area contributed by atoms with Crippen molar-refractivity contribution in [2.24, 2.45) is 11.3 Å². The van der Waals surface area contributed by atoms with Crippen LogP contribution in [0.25, 0.3) is 0 Å². The van der Waals surface area contributed by atoms with Crippen LogP contribution >= 0.6 is 0 Å². The van der Waals surface area contributed by atoms with Gasteiger partial charge >= 0.3 is 5.97 Å². The number of amides is 1. The van der Waals surface area contributed by atoms with Gasteiger partial charge in [0.2, 0.25) is 5.91 Å². The van der Waals surface area contributed by atoms with Gasteiger partial charge in [-0.05, 0) is 79.0 Å². The van der Waals surface area contributed by atoms with E-state index in [9.17, 15) is 14.7 Å². The number of carboxylic acid groups (broad SMARTS) is 1. The summed E-state index contributed by atoms with van der Waals surface area (Å²) in [5.41, 5.74) is 3.92. The molecular weight excluding hydrogens is 446 g/mol. The number of carbonyl (C=O) groups is 2. The molecule has 0 radical (unpaired) electrons. The highest BCUT2D eigenvalue weighted by molar-refractivity contribution is 5.92. The predicted octanol–water partition coefficient (Wildman–Crippen LogP) is 8.76. The van der Waals surface area contributed by atoms with Crippen LogP contribution in [0.1, 0.15) is 147 Å². The molecule has 4 nitrogen and oxygen atoms in total. The Bertz CT molecular complexity index is 907. The lowest BCUT2D eigenvalue weighted by molar-refractivity contribution is -0.157. The first kappa shape index (κ1) is 28.7. The fraction of sp³-hybridized carbons (Fsp3) is 0.750.